The summed E-state index contributed by atoms with van der Waals surface area (Å²) in [6, 6.07) is -0.0579. The van der Waals surface area contributed by atoms with Gasteiger partial charge in [-0.05, 0) is 6.42 Å². The molecule has 0 spiro atoms. The molecule has 0 saturated carbocycles. The average Bonchev–Trinajstić information content (AvgIpc) is 2.98. The third kappa shape index (κ3) is 3.16. The minimum absolute atomic E-state index is 0.0579. The van der Waals surface area contributed by atoms with Gasteiger partial charge in [0.15, 0.2) is 9.84 Å². The Bertz CT molecular complexity index is 663. The molecule has 2 aromatic heterocycles. The van der Waals surface area contributed by atoms with Crippen LogP contribution >= 0.6 is 22.9 Å². The van der Waals surface area contributed by atoms with E-state index in [1.165, 1.54) is 23.8 Å². The van der Waals surface area contributed by atoms with Gasteiger partial charge < -0.3 is 0 Å². The first-order valence-electron chi connectivity index (χ1n) is 5.70. The van der Waals surface area contributed by atoms with E-state index in [4.69, 9.17) is 11.6 Å². The van der Waals surface area contributed by atoms with Crippen molar-refractivity contribution in [2.24, 2.45) is 0 Å². The summed E-state index contributed by atoms with van der Waals surface area (Å²) in [5.41, 5.74) is 0.829. The number of rotatable bonds is 5. The van der Waals surface area contributed by atoms with Gasteiger partial charge in [-0.15, -0.1) is 22.9 Å². The predicted molar refractivity (Wildman–Crippen MR) is 75.4 cm³/mol. The highest BCUT2D eigenvalue weighted by Crippen LogP contribution is 2.26. The topological polar surface area (TPSA) is 64.8 Å². The quantitative estimate of drug-likeness (QED) is 0.794. The number of alkyl halides is 1. The van der Waals surface area contributed by atoms with E-state index in [2.05, 4.69) is 10.1 Å². The lowest BCUT2D eigenvalue weighted by molar-refractivity contribution is 0.505. The fraction of sp³-hybridized carbons (Fsp3) is 0.455. The van der Waals surface area contributed by atoms with Crippen LogP contribution in [0.4, 0.5) is 0 Å². The van der Waals surface area contributed by atoms with E-state index in [9.17, 15) is 8.42 Å². The van der Waals surface area contributed by atoms with E-state index < -0.39 is 9.84 Å². The lowest BCUT2D eigenvalue weighted by Gasteiger charge is -2.12. The molecule has 1 unspecified atom stereocenters. The van der Waals surface area contributed by atoms with Crippen LogP contribution in [0.1, 0.15) is 30.1 Å². The molecule has 19 heavy (non-hydrogen) atoms. The van der Waals surface area contributed by atoms with Crippen molar-refractivity contribution in [1.29, 1.82) is 0 Å². The van der Waals surface area contributed by atoms with Crippen molar-refractivity contribution in [2.45, 2.75) is 30.2 Å². The number of hydrogen-bond acceptors (Lipinski definition) is 5. The zero-order valence-corrected chi connectivity index (χ0v) is 13.0. The van der Waals surface area contributed by atoms with Gasteiger partial charge in [0.1, 0.15) is 15.9 Å². The molecular formula is C11H14ClN3O2S2. The van der Waals surface area contributed by atoms with Crippen LogP contribution in [-0.4, -0.2) is 29.4 Å². The Labute approximate surface area is 121 Å². The summed E-state index contributed by atoms with van der Waals surface area (Å²) in [7, 11) is -3.23. The Morgan fingerprint density at radius 2 is 2.26 bits per heavy atom. The van der Waals surface area contributed by atoms with Crippen LogP contribution in [0.5, 0.6) is 0 Å². The SMILES string of the molecule is CCC(c1nc(CCl)cs1)n1cc(S(C)(=O)=O)cn1. The molecule has 0 aromatic carbocycles. The van der Waals surface area contributed by atoms with Crippen molar-refractivity contribution < 1.29 is 8.42 Å². The molecule has 0 aliphatic carbocycles. The Morgan fingerprint density at radius 3 is 2.74 bits per heavy atom. The number of hydrogen-bond donors (Lipinski definition) is 0. The normalized spacial score (nSPS) is 13.6. The average molecular weight is 320 g/mol. The highest BCUT2D eigenvalue weighted by atomic mass is 35.5. The van der Waals surface area contributed by atoms with Gasteiger partial charge >= 0.3 is 0 Å². The molecular weight excluding hydrogens is 306 g/mol. The molecule has 2 heterocycles. The first-order valence-corrected chi connectivity index (χ1v) is 9.00. The highest BCUT2D eigenvalue weighted by molar-refractivity contribution is 7.90. The Balaban J connectivity index is 2.34. The number of aromatic nitrogens is 3. The van der Waals surface area contributed by atoms with E-state index in [1.54, 1.807) is 10.9 Å². The van der Waals surface area contributed by atoms with Gasteiger partial charge in [0.25, 0.3) is 0 Å². The minimum Gasteiger partial charge on any atom is -0.261 e. The number of thiazole rings is 1. The number of nitrogens with zero attached hydrogens (tertiary/aromatic N) is 3. The van der Waals surface area contributed by atoms with E-state index >= 15 is 0 Å². The van der Waals surface area contributed by atoms with Crippen molar-refractivity contribution in [3.05, 3.63) is 28.5 Å². The number of halogens is 1. The van der Waals surface area contributed by atoms with Gasteiger partial charge in [-0.3, -0.25) is 4.68 Å². The van der Waals surface area contributed by atoms with Crippen LogP contribution < -0.4 is 0 Å². The summed E-state index contributed by atoms with van der Waals surface area (Å²) in [4.78, 5) is 4.65. The third-order valence-electron chi connectivity index (χ3n) is 2.70. The summed E-state index contributed by atoms with van der Waals surface area (Å²) in [6.45, 7) is 2.01. The lowest BCUT2D eigenvalue weighted by Crippen LogP contribution is -2.10. The largest absolute Gasteiger partial charge is 0.261 e. The summed E-state index contributed by atoms with van der Waals surface area (Å²) >= 11 is 7.25. The van der Waals surface area contributed by atoms with Crippen LogP contribution in [0.3, 0.4) is 0 Å². The fourth-order valence-electron chi connectivity index (χ4n) is 1.69. The van der Waals surface area contributed by atoms with E-state index in [0.717, 1.165) is 17.1 Å². The molecule has 2 rings (SSSR count). The van der Waals surface area contributed by atoms with Gasteiger partial charge in [-0.1, -0.05) is 6.92 Å². The molecule has 1 atom stereocenters. The van der Waals surface area contributed by atoms with Gasteiger partial charge in [-0.25, -0.2) is 13.4 Å². The maximum absolute atomic E-state index is 11.5. The molecule has 0 aliphatic rings. The molecule has 0 aliphatic heterocycles. The van der Waals surface area contributed by atoms with Crippen molar-refractivity contribution in [1.82, 2.24) is 14.8 Å². The number of sulfone groups is 1. The molecule has 0 radical (unpaired) electrons. The van der Waals surface area contributed by atoms with Crippen molar-refractivity contribution in [3.63, 3.8) is 0 Å². The standard InChI is InChI=1S/C11H14ClN3O2S2/c1-3-10(11-14-8(4-12)7-18-11)15-6-9(5-13-15)19(2,16)17/h5-7,10H,3-4H2,1-2H3. The van der Waals surface area contributed by atoms with Crippen molar-refractivity contribution in [2.75, 3.05) is 6.26 Å². The molecule has 0 N–H and O–H groups in total. The first kappa shape index (κ1) is 14.5. The van der Waals surface area contributed by atoms with Crippen LogP contribution in [0.15, 0.2) is 22.7 Å². The molecule has 0 fully saturated rings. The van der Waals surface area contributed by atoms with E-state index in [1.807, 2.05) is 12.3 Å². The summed E-state index contributed by atoms with van der Waals surface area (Å²) < 4.78 is 24.6. The summed E-state index contributed by atoms with van der Waals surface area (Å²) in [5.74, 6) is 0.376. The van der Waals surface area contributed by atoms with Gasteiger partial charge in [0.2, 0.25) is 0 Å². The fourth-order valence-corrected chi connectivity index (χ4v) is 3.46. The zero-order chi connectivity index (χ0) is 14.0. The highest BCUT2D eigenvalue weighted by Gasteiger charge is 2.19. The smallest absolute Gasteiger partial charge is 0.178 e. The van der Waals surface area contributed by atoms with Crippen LogP contribution in [-0.2, 0) is 15.7 Å². The molecule has 8 heteroatoms. The monoisotopic (exact) mass is 319 g/mol. The second-order valence-corrected chi connectivity index (χ2v) is 7.34. The van der Waals surface area contributed by atoms with Crippen molar-refractivity contribution in [3.8, 4) is 0 Å². The molecule has 0 saturated heterocycles. The Hall–Kier alpha value is -0.920. The molecule has 104 valence electrons. The van der Waals surface area contributed by atoms with Crippen LogP contribution in [0.2, 0.25) is 0 Å². The van der Waals surface area contributed by atoms with Crippen molar-refractivity contribution >= 4 is 32.8 Å². The molecule has 0 bridgehead atoms. The Morgan fingerprint density at radius 1 is 1.53 bits per heavy atom. The maximum atomic E-state index is 11.5. The molecule has 0 amide bonds. The van der Waals surface area contributed by atoms with Crippen LogP contribution in [0.25, 0.3) is 0 Å². The lowest BCUT2D eigenvalue weighted by atomic mass is 10.2. The second-order valence-electron chi connectivity index (χ2n) is 4.16. The summed E-state index contributed by atoms with van der Waals surface area (Å²) in [5, 5.41) is 6.94. The van der Waals surface area contributed by atoms with Gasteiger partial charge in [0, 0.05) is 17.8 Å². The summed E-state index contributed by atoms with van der Waals surface area (Å²) in [6.07, 6.45) is 4.86. The maximum Gasteiger partial charge on any atom is 0.178 e. The van der Waals surface area contributed by atoms with E-state index in [-0.39, 0.29) is 10.9 Å². The molecule has 2 aromatic rings. The zero-order valence-electron chi connectivity index (χ0n) is 10.6. The first-order chi connectivity index (χ1) is 8.95. The predicted octanol–water partition coefficient (Wildman–Crippen LogP) is 2.48. The second kappa shape index (κ2) is 5.60. The Kier molecular flexibility index (Phi) is 4.27. The van der Waals surface area contributed by atoms with E-state index in [0.29, 0.717) is 5.88 Å². The third-order valence-corrected chi connectivity index (χ3v) is 5.04. The van der Waals surface area contributed by atoms with Gasteiger partial charge in [-0.2, -0.15) is 5.10 Å². The van der Waals surface area contributed by atoms with Crippen LogP contribution in [0, 0.1) is 0 Å². The minimum atomic E-state index is -3.23. The van der Waals surface area contributed by atoms with Gasteiger partial charge in [0.05, 0.1) is 17.8 Å². The molecule has 5 nitrogen and oxygen atoms in total.